The van der Waals surface area contributed by atoms with Crippen molar-refractivity contribution in [1.82, 2.24) is 4.90 Å². The van der Waals surface area contributed by atoms with E-state index in [1.165, 1.54) is 23.5 Å². The number of hydrogen-bond donors (Lipinski definition) is 0. The van der Waals surface area contributed by atoms with Gasteiger partial charge in [-0.2, -0.15) is 0 Å². The molecule has 23 heavy (non-hydrogen) atoms. The molecule has 1 aliphatic heterocycles. The SMILES string of the molecule is CC1CCN(C(=O)c2cc(COc3cccc(F)c3)cs2)CC1. The molecule has 5 heteroatoms. The van der Waals surface area contributed by atoms with Crippen molar-refractivity contribution in [2.75, 3.05) is 13.1 Å². The number of benzene rings is 1. The van der Waals surface area contributed by atoms with Crippen molar-refractivity contribution in [3.8, 4) is 5.75 Å². The van der Waals surface area contributed by atoms with Gasteiger partial charge in [0.1, 0.15) is 18.2 Å². The van der Waals surface area contributed by atoms with Crippen LogP contribution in [0.5, 0.6) is 5.75 Å². The number of carbonyl (C=O) groups excluding carboxylic acids is 1. The van der Waals surface area contributed by atoms with Gasteiger partial charge in [0.15, 0.2) is 0 Å². The topological polar surface area (TPSA) is 29.5 Å². The fourth-order valence-electron chi connectivity index (χ4n) is 2.65. The fraction of sp³-hybridized carbons (Fsp3) is 0.389. The summed E-state index contributed by atoms with van der Waals surface area (Å²) < 4.78 is 18.7. The number of thiophene rings is 1. The third kappa shape index (κ3) is 4.10. The summed E-state index contributed by atoms with van der Waals surface area (Å²) in [6, 6.07) is 7.95. The minimum absolute atomic E-state index is 0.110. The Hall–Kier alpha value is -1.88. The Morgan fingerprint density at radius 3 is 2.87 bits per heavy atom. The van der Waals surface area contributed by atoms with Crippen LogP contribution in [0, 0.1) is 11.7 Å². The van der Waals surface area contributed by atoms with E-state index < -0.39 is 0 Å². The van der Waals surface area contributed by atoms with Crippen molar-refractivity contribution in [3.05, 3.63) is 52.0 Å². The predicted octanol–water partition coefficient (Wildman–Crippen LogP) is 4.34. The van der Waals surface area contributed by atoms with Crippen LogP contribution in [0.4, 0.5) is 4.39 Å². The first-order chi connectivity index (χ1) is 11.1. The van der Waals surface area contributed by atoms with Gasteiger partial charge in [0, 0.05) is 24.7 Å². The smallest absolute Gasteiger partial charge is 0.263 e. The van der Waals surface area contributed by atoms with Crippen LogP contribution in [0.25, 0.3) is 0 Å². The molecule has 1 amide bonds. The molecular formula is C18H20FNO2S. The van der Waals surface area contributed by atoms with Gasteiger partial charge in [0.05, 0.1) is 4.88 Å². The first kappa shape index (κ1) is 16.0. The summed E-state index contributed by atoms with van der Waals surface area (Å²) >= 11 is 1.45. The van der Waals surface area contributed by atoms with Gasteiger partial charge in [-0.3, -0.25) is 4.79 Å². The summed E-state index contributed by atoms with van der Waals surface area (Å²) in [5.74, 6) is 0.994. The number of rotatable bonds is 4. The molecule has 0 spiro atoms. The molecule has 1 aromatic heterocycles. The zero-order chi connectivity index (χ0) is 16.2. The summed E-state index contributed by atoms with van der Waals surface area (Å²) in [5, 5.41) is 1.93. The average molecular weight is 333 g/mol. The minimum Gasteiger partial charge on any atom is -0.489 e. The third-order valence-electron chi connectivity index (χ3n) is 4.14. The number of likely N-dealkylation sites (tertiary alicyclic amines) is 1. The van der Waals surface area contributed by atoms with Gasteiger partial charge in [0.25, 0.3) is 5.91 Å². The molecule has 0 aliphatic carbocycles. The van der Waals surface area contributed by atoms with Crippen molar-refractivity contribution < 1.29 is 13.9 Å². The Bertz CT molecular complexity index is 677. The summed E-state index contributed by atoms with van der Waals surface area (Å²) in [7, 11) is 0. The summed E-state index contributed by atoms with van der Waals surface area (Å²) in [6.07, 6.45) is 2.15. The molecular weight excluding hydrogens is 313 g/mol. The molecule has 0 radical (unpaired) electrons. The normalized spacial score (nSPS) is 15.7. The zero-order valence-electron chi connectivity index (χ0n) is 13.1. The Labute approximate surface area is 139 Å². The molecule has 0 bridgehead atoms. The van der Waals surface area contributed by atoms with Gasteiger partial charge in [-0.25, -0.2) is 4.39 Å². The largest absolute Gasteiger partial charge is 0.489 e. The highest BCUT2D eigenvalue weighted by atomic mass is 32.1. The lowest BCUT2D eigenvalue weighted by Gasteiger charge is -2.29. The molecule has 122 valence electrons. The quantitative estimate of drug-likeness (QED) is 0.833. The maximum atomic E-state index is 13.1. The molecule has 1 saturated heterocycles. The standard InChI is InChI=1S/C18H20FNO2S/c1-13-5-7-20(8-6-13)18(21)17-9-14(12-23-17)11-22-16-4-2-3-15(19)10-16/h2-4,9-10,12-13H,5-8,11H2,1H3. The maximum absolute atomic E-state index is 13.1. The Balaban J connectivity index is 1.58. The Morgan fingerprint density at radius 1 is 1.35 bits per heavy atom. The second kappa shape index (κ2) is 7.13. The monoisotopic (exact) mass is 333 g/mol. The first-order valence-electron chi connectivity index (χ1n) is 7.87. The molecule has 1 fully saturated rings. The summed E-state index contributed by atoms with van der Waals surface area (Å²) in [6.45, 7) is 4.25. The molecule has 0 saturated carbocycles. The fourth-order valence-corrected chi connectivity index (χ4v) is 3.52. The second-order valence-electron chi connectivity index (χ2n) is 6.04. The second-order valence-corrected chi connectivity index (χ2v) is 6.95. The van der Waals surface area contributed by atoms with Gasteiger partial charge in [-0.1, -0.05) is 13.0 Å². The van der Waals surface area contributed by atoms with Crippen LogP contribution in [0.1, 0.15) is 35.0 Å². The summed E-state index contributed by atoms with van der Waals surface area (Å²) in [4.78, 5) is 15.2. The number of amides is 1. The number of piperidine rings is 1. The van der Waals surface area contributed by atoms with Gasteiger partial charge < -0.3 is 9.64 Å². The van der Waals surface area contributed by atoms with Crippen molar-refractivity contribution in [2.45, 2.75) is 26.4 Å². The lowest BCUT2D eigenvalue weighted by atomic mass is 9.99. The van der Waals surface area contributed by atoms with E-state index in [2.05, 4.69) is 6.92 Å². The van der Waals surface area contributed by atoms with E-state index in [1.54, 1.807) is 12.1 Å². The van der Waals surface area contributed by atoms with Gasteiger partial charge in [-0.05, 0) is 42.3 Å². The molecule has 3 nitrogen and oxygen atoms in total. The lowest BCUT2D eigenvalue weighted by molar-refractivity contribution is 0.0702. The van der Waals surface area contributed by atoms with E-state index in [4.69, 9.17) is 4.74 Å². The molecule has 1 aliphatic rings. The average Bonchev–Trinajstić information content (AvgIpc) is 3.02. The Morgan fingerprint density at radius 2 is 2.13 bits per heavy atom. The van der Waals surface area contributed by atoms with E-state index in [9.17, 15) is 9.18 Å². The molecule has 3 rings (SSSR count). The highest BCUT2D eigenvalue weighted by molar-refractivity contribution is 7.12. The van der Waals surface area contributed by atoms with Gasteiger partial charge in [-0.15, -0.1) is 11.3 Å². The van der Waals surface area contributed by atoms with Crippen molar-refractivity contribution in [1.29, 1.82) is 0 Å². The van der Waals surface area contributed by atoms with E-state index >= 15 is 0 Å². The van der Waals surface area contributed by atoms with Crippen LogP contribution in [0.15, 0.2) is 35.7 Å². The lowest BCUT2D eigenvalue weighted by Crippen LogP contribution is -2.37. The van der Waals surface area contributed by atoms with Crippen LogP contribution < -0.4 is 4.74 Å². The molecule has 0 N–H and O–H groups in total. The number of carbonyl (C=O) groups is 1. The number of nitrogens with zero attached hydrogens (tertiary/aromatic N) is 1. The highest BCUT2D eigenvalue weighted by Crippen LogP contribution is 2.23. The zero-order valence-corrected chi connectivity index (χ0v) is 13.9. The van der Waals surface area contributed by atoms with Crippen LogP contribution in [-0.2, 0) is 6.61 Å². The van der Waals surface area contributed by atoms with Gasteiger partial charge in [0.2, 0.25) is 0 Å². The highest BCUT2D eigenvalue weighted by Gasteiger charge is 2.22. The predicted molar refractivity (Wildman–Crippen MR) is 89.4 cm³/mol. The number of halogens is 1. The van der Waals surface area contributed by atoms with Gasteiger partial charge >= 0.3 is 0 Å². The maximum Gasteiger partial charge on any atom is 0.263 e. The minimum atomic E-state index is -0.317. The third-order valence-corrected chi connectivity index (χ3v) is 5.10. The van der Waals surface area contributed by atoms with E-state index in [-0.39, 0.29) is 11.7 Å². The van der Waals surface area contributed by atoms with E-state index in [0.29, 0.717) is 18.3 Å². The van der Waals surface area contributed by atoms with E-state index in [1.807, 2.05) is 16.3 Å². The van der Waals surface area contributed by atoms with Crippen LogP contribution >= 0.6 is 11.3 Å². The van der Waals surface area contributed by atoms with Crippen LogP contribution in [0.2, 0.25) is 0 Å². The van der Waals surface area contributed by atoms with E-state index in [0.717, 1.165) is 36.4 Å². The molecule has 1 aromatic carbocycles. The van der Waals surface area contributed by atoms with Crippen molar-refractivity contribution >= 4 is 17.2 Å². The van der Waals surface area contributed by atoms with Crippen molar-refractivity contribution in [3.63, 3.8) is 0 Å². The number of ether oxygens (including phenoxy) is 1. The molecule has 2 heterocycles. The van der Waals surface area contributed by atoms with Crippen LogP contribution in [0.3, 0.4) is 0 Å². The number of hydrogen-bond acceptors (Lipinski definition) is 3. The summed E-state index contributed by atoms with van der Waals surface area (Å²) in [5.41, 5.74) is 0.938. The molecule has 0 unspecified atom stereocenters. The molecule has 0 atom stereocenters. The van der Waals surface area contributed by atoms with Crippen molar-refractivity contribution in [2.24, 2.45) is 5.92 Å². The molecule has 2 aromatic rings. The van der Waals surface area contributed by atoms with Crippen LogP contribution in [-0.4, -0.2) is 23.9 Å². The Kier molecular flexibility index (Phi) is 4.96. The first-order valence-corrected chi connectivity index (χ1v) is 8.75.